The molecule has 0 spiro atoms. The van der Waals surface area contributed by atoms with E-state index in [1.807, 2.05) is 0 Å². The van der Waals surface area contributed by atoms with Gasteiger partial charge in [-0.3, -0.25) is 0 Å². The molecule has 0 aliphatic carbocycles. The van der Waals surface area contributed by atoms with Crippen molar-refractivity contribution >= 4 is 12.4 Å². The van der Waals surface area contributed by atoms with Gasteiger partial charge in [0.05, 0.1) is 0 Å². The summed E-state index contributed by atoms with van der Waals surface area (Å²) in [4.78, 5) is 0. The second-order valence-corrected chi connectivity index (χ2v) is 3.30. The van der Waals surface area contributed by atoms with Gasteiger partial charge < -0.3 is 10.5 Å². The van der Waals surface area contributed by atoms with Gasteiger partial charge in [0.25, 0.3) is 0 Å². The van der Waals surface area contributed by atoms with Crippen LogP contribution in [0, 0.1) is 0 Å². The fourth-order valence-corrected chi connectivity index (χ4v) is 1.12. The average Bonchev–Trinajstić information content (AvgIpc) is 2.27. The summed E-state index contributed by atoms with van der Waals surface area (Å²) in [6.07, 6.45) is -7.01. The van der Waals surface area contributed by atoms with Crippen LogP contribution >= 0.6 is 12.4 Å². The Kier molecular flexibility index (Phi) is 6.14. The van der Waals surface area contributed by atoms with Crippen LogP contribution in [0.1, 0.15) is 11.6 Å². The van der Waals surface area contributed by atoms with Crippen molar-refractivity contribution in [3.63, 3.8) is 0 Å². The lowest BCUT2D eigenvalue weighted by Crippen LogP contribution is -2.33. The molecule has 7 heteroatoms. The lowest BCUT2D eigenvalue weighted by atomic mass is 10.1. The lowest BCUT2D eigenvalue weighted by molar-refractivity contribution is -0.253. The summed E-state index contributed by atoms with van der Waals surface area (Å²) >= 11 is 0. The summed E-state index contributed by atoms with van der Waals surface area (Å²) < 4.78 is 53.0. The molecule has 18 heavy (non-hydrogen) atoms. The zero-order valence-electron chi connectivity index (χ0n) is 9.15. The van der Waals surface area contributed by atoms with E-state index in [-0.39, 0.29) is 18.2 Å². The molecule has 0 unspecified atom stereocenters. The Balaban J connectivity index is 0.00000289. The number of ether oxygens (including phenoxy) is 1. The molecular formula is C11H12ClF4NO. The van der Waals surface area contributed by atoms with Crippen LogP contribution in [0.4, 0.5) is 17.6 Å². The van der Waals surface area contributed by atoms with Crippen LogP contribution < -0.4 is 10.5 Å². The molecule has 0 saturated heterocycles. The topological polar surface area (TPSA) is 35.2 Å². The standard InChI is InChI=1S/C11H11F4NO.ClH/c1-2-9(16)7-4-3-5-8(6-7)17-11(14,15)10(12)13;/h2-6,9-10H,1,16H2;1H/t9-;/m0./s1. The molecule has 102 valence electrons. The fourth-order valence-electron chi connectivity index (χ4n) is 1.12. The molecule has 0 bridgehead atoms. The van der Waals surface area contributed by atoms with E-state index in [9.17, 15) is 17.6 Å². The van der Waals surface area contributed by atoms with Gasteiger partial charge in [-0.1, -0.05) is 18.2 Å². The Hall–Kier alpha value is -1.27. The van der Waals surface area contributed by atoms with Gasteiger partial charge in [-0.2, -0.15) is 17.6 Å². The number of alkyl halides is 4. The van der Waals surface area contributed by atoms with E-state index in [0.717, 1.165) is 6.07 Å². The predicted octanol–water partition coefficient (Wildman–Crippen LogP) is 3.53. The van der Waals surface area contributed by atoms with Crippen molar-refractivity contribution in [1.29, 1.82) is 0 Å². The van der Waals surface area contributed by atoms with Crippen LogP contribution in [0.25, 0.3) is 0 Å². The molecule has 0 heterocycles. The average molecular weight is 286 g/mol. The van der Waals surface area contributed by atoms with Crippen LogP contribution in [0.15, 0.2) is 36.9 Å². The van der Waals surface area contributed by atoms with E-state index in [1.54, 1.807) is 6.07 Å². The number of rotatable bonds is 5. The van der Waals surface area contributed by atoms with Crippen molar-refractivity contribution in [3.8, 4) is 5.75 Å². The van der Waals surface area contributed by atoms with Gasteiger partial charge in [-0.25, -0.2) is 0 Å². The van der Waals surface area contributed by atoms with Gasteiger partial charge in [-0.05, 0) is 17.7 Å². The molecule has 0 radical (unpaired) electrons. The number of nitrogens with two attached hydrogens (primary N) is 1. The zero-order chi connectivity index (χ0) is 13.1. The monoisotopic (exact) mass is 285 g/mol. The van der Waals surface area contributed by atoms with Crippen molar-refractivity contribution in [3.05, 3.63) is 42.5 Å². The minimum atomic E-state index is -4.52. The summed E-state index contributed by atoms with van der Waals surface area (Å²) in [5, 5.41) is 0. The minimum absolute atomic E-state index is 0. The third kappa shape index (κ3) is 4.19. The van der Waals surface area contributed by atoms with Crippen LogP contribution in [-0.4, -0.2) is 12.5 Å². The first-order chi connectivity index (χ1) is 7.86. The third-order valence-corrected chi connectivity index (χ3v) is 2.00. The van der Waals surface area contributed by atoms with E-state index in [0.29, 0.717) is 5.56 Å². The molecule has 0 aromatic heterocycles. The Labute approximate surface area is 108 Å². The largest absolute Gasteiger partial charge is 0.461 e. The molecule has 1 atom stereocenters. The molecule has 2 N–H and O–H groups in total. The van der Waals surface area contributed by atoms with Crippen LogP contribution in [0.2, 0.25) is 0 Å². The summed E-state index contributed by atoms with van der Waals surface area (Å²) in [5.74, 6) is -0.370. The van der Waals surface area contributed by atoms with E-state index < -0.39 is 18.6 Å². The first-order valence-corrected chi connectivity index (χ1v) is 4.70. The van der Waals surface area contributed by atoms with Crippen LogP contribution in [0.3, 0.4) is 0 Å². The number of benzene rings is 1. The molecule has 0 fully saturated rings. The third-order valence-electron chi connectivity index (χ3n) is 2.00. The quantitative estimate of drug-likeness (QED) is 0.663. The van der Waals surface area contributed by atoms with Crippen LogP contribution in [0.5, 0.6) is 5.75 Å². The highest BCUT2D eigenvalue weighted by Crippen LogP contribution is 2.28. The van der Waals surface area contributed by atoms with Gasteiger partial charge in [0.15, 0.2) is 0 Å². The molecular weight excluding hydrogens is 274 g/mol. The summed E-state index contributed by atoms with van der Waals surface area (Å²) in [6.45, 7) is 3.44. The maximum absolute atomic E-state index is 12.6. The minimum Gasteiger partial charge on any atom is -0.428 e. The number of halogens is 5. The highest BCUT2D eigenvalue weighted by Gasteiger charge is 2.43. The highest BCUT2D eigenvalue weighted by molar-refractivity contribution is 5.85. The van der Waals surface area contributed by atoms with E-state index in [1.165, 1.54) is 18.2 Å². The van der Waals surface area contributed by atoms with Gasteiger partial charge >= 0.3 is 12.5 Å². The molecule has 1 aromatic rings. The molecule has 1 rings (SSSR count). The fraction of sp³-hybridized carbons (Fsp3) is 0.273. The Morgan fingerprint density at radius 2 is 1.94 bits per heavy atom. The maximum Gasteiger partial charge on any atom is 0.461 e. The zero-order valence-corrected chi connectivity index (χ0v) is 9.97. The number of hydrogen-bond donors (Lipinski definition) is 1. The lowest BCUT2D eigenvalue weighted by Gasteiger charge is -2.17. The van der Waals surface area contributed by atoms with E-state index in [2.05, 4.69) is 11.3 Å². The molecule has 1 aromatic carbocycles. The normalized spacial score (nSPS) is 12.8. The van der Waals surface area contributed by atoms with Crippen molar-refractivity contribution in [2.24, 2.45) is 5.73 Å². The van der Waals surface area contributed by atoms with E-state index >= 15 is 0 Å². The summed E-state index contributed by atoms with van der Waals surface area (Å²) in [7, 11) is 0. The molecule has 0 amide bonds. The molecule has 0 aliphatic rings. The van der Waals surface area contributed by atoms with Crippen molar-refractivity contribution < 1.29 is 22.3 Å². The Morgan fingerprint density at radius 3 is 2.44 bits per heavy atom. The SMILES string of the molecule is C=C[C@H](N)c1cccc(OC(F)(F)C(F)F)c1.Cl. The number of hydrogen-bond acceptors (Lipinski definition) is 2. The molecule has 2 nitrogen and oxygen atoms in total. The van der Waals surface area contributed by atoms with Crippen LogP contribution in [-0.2, 0) is 0 Å². The second-order valence-electron chi connectivity index (χ2n) is 3.30. The molecule has 0 saturated carbocycles. The maximum atomic E-state index is 12.6. The van der Waals surface area contributed by atoms with Crippen molar-refractivity contribution in [2.45, 2.75) is 18.6 Å². The Morgan fingerprint density at radius 1 is 1.33 bits per heavy atom. The predicted molar refractivity (Wildman–Crippen MR) is 62.4 cm³/mol. The van der Waals surface area contributed by atoms with E-state index in [4.69, 9.17) is 5.73 Å². The van der Waals surface area contributed by atoms with Gasteiger partial charge in [0.2, 0.25) is 0 Å². The summed E-state index contributed by atoms with van der Waals surface area (Å²) in [6, 6.07) is 4.69. The van der Waals surface area contributed by atoms with Crippen molar-refractivity contribution in [2.75, 3.05) is 0 Å². The smallest absolute Gasteiger partial charge is 0.428 e. The highest BCUT2D eigenvalue weighted by atomic mass is 35.5. The summed E-state index contributed by atoms with van der Waals surface area (Å²) in [5.41, 5.74) is 6.02. The van der Waals surface area contributed by atoms with Gasteiger partial charge in [0, 0.05) is 6.04 Å². The van der Waals surface area contributed by atoms with Crippen molar-refractivity contribution in [1.82, 2.24) is 0 Å². The Bertz CT molecular complexity index is 400. The van der Waals surface area contributed by atoms with Gasteiger partial charge in [-0.15, -0.1) is 19.0 Å². The first-order valence-electron chi connectivity index (χ1n) is 4.70. The molecule has 0 aliphatic heterocycles. The second kappa shape index (κ2) is 6.61. The van der Waals surface area contributed by atoms with Gasteiger partial charge in [0.1, 0.15) is 5.75 Å². The first kappa shape index (κ1) is 16.7.